The molecule has 1 saturated heterocycles. The smallest absolute Gasteiger partial charge is 0.337 e. The Morgan fingerprint density at radius 3 is 2.64 bits per heavy atom. The van der Waals surface area contributed by atoms with Crippen LogP contribution in [0.1, 0.15) is 34.8 Å². The second-order valence-electron chi connectivity index (χ2n) is 11.0. The van der Waals surface area contributed by atoms with E-state index in [0.717, 1.165) is 4.57 Å². The molecule has 4 aromatic rings. The molecule has 5 rings (SSSR count). The number of hydrogen-bond acceptors (Lipinski definition) is 8. The average Bonchev–Trinajstić information content (AvgIpc) is 3.00. The Labute approximate surface area is 255 Å². The minimum Gasteiger partial charge on any atom is -0.480 e. The van der Waals surface area contributed by atoms with Gasteiger partial charge < -0.3 is 20.1 Å². The molecule has 1 aliphatic rings. The van der Waals surface area contributed by atoms with E-state index in [4.69, 9.17) is 4.74 Å². The summed E-state index contributed by atoms with van der Waals surface area (Å²) < 4.78 is 36.8. The normalized spacial score (nSPS) is 16.4. The molecule has 14 heteroatoms. The van der Waals surface area contributed by atoms with E-state index in [9.17, 15) is 28.7 Å². The van der Waals surface area contributed by atoms with Crippen molar-refractivity contribution in [1.82, 2.24) is 24.4 Å². The van der Waals surface area contributed by atoms with Crippen LogP contribution >= 0.6 is 0 Å². The first-order valence-corrected chi connectivity index (χ1v) is 14.3. The first-order valence-electron chi connectivity index (χ1n) is 14.3. The summed E-state index contributed by atoms with van der Waals surface area (Å²) in [5.41, 5.74) is -0.0172. The zero-order chi connectivity index (χ0) is 32.4. The van der Waals surface area contributed by atoms with Crippen molar-refractivity contribution in [3.63, 3.8) is 0 Å². The number of rotatable bonds is 9. The van der Waals surface area contributed by atoms with Crippen molar-refractivity contribution in [2.45, 2.75) is 44.9 Å². The van der Waals surface area contributed by atoms with Crippen molar-refractivity contribution in [3.8, 4) is 5.82 Å². The molecule has 1 unspecified atom stereocenters. The van der Waals surface area contributed by atoms with Crippen molar-refractivity contribution in [2.24, 2.45) is 7.05 Å². The first-order chi connectivity index (χ1) is 21.5. The highest BCUT2D eigenvalue weighted by Gasteiger charge is 2.29. The summed E-state index contributed by atoms with van der Waals surface area (Å²) in [5.74, 6) is -3.08. The number of carboxylic acid groups (broad SMARTS) is 1. The van der Waals surface area contributed by atoms with Crippen LogP contribution in [-0.2, 0) is 23.0 Å². The van der Waals surface area contributed by atoms with Crippen LogP contribution in [0.5, 0.6) is 0 Å². The molecular weight excluding hydrogens is 590 g/mol. The number of ether oxygens (including phenoxy) is 1. The summed E-state index contributed by atoms with van der Waals surface area (Å²) in [6, 6.07) is 5.45. The van der Waals surface area contributed by atoms with E-state index in [1.54, 1.807) is 13.0 Å². The van der Waals surface area contributed by atoms with Crippen LogP contribution in [0.2, 0.25) is 0 Å². The van der Waals surface area contributed by atoms with Gasteiger partial charge in [0.25, 0.3) is 11.5 Å². The van der Waals surface area contributed by atoms with Crippen molar-refractivity contribution in [3.05, 3.63) is 92.3 Å². The Morgan fingerprint density at radius 2 is 1.98 bits per heavy atom. The number of carbonyl (C=O) groups is 2. The molecule has 1 aliphatic heterocycles. The lowest BCUT2D eigenvalue weighted by molar-refractivity contribution is -0.139. The molecule has 0 bridgehead atoms. The van der Waals surface area contributed by atoms with Gasteiger partial charge in [-0.25, -0.2) is 27.9 Å². The number of hydrogen-bond donors (Lipinski definition) is 2. The number of morpholine rings is 1. The third kappa shape index (κ3) is 6.45. The highest BCUT2D eigenvalue weighted by molar-refractivity contribution is 5.98. The Bertz CT molecular complexity index is 1850. The van der Waals surface area contributed by atoms with Gasteiger partial charge in [0, 0.05) is 44.5 Å². The van der Waals surface area contributed by atoms with E-state index in [1.807, 2.05) is 4.90 Å². The van der Waals surface area contributed by atoms with Gasteiger partial charge in [-0.05, 0) is 49.2 Å². The fourth-order valence-electron chi connectivity index (χ4n) is 5.58. The quantitative estimate of drug-likeness (QED) is 0.287. The second-order valence-corrected chi connectivity index (χ2v) is 11.0. The van der Waals surface area contributed by atoms with Crippen LogP contribution in [-0.4, -0.2) is 74.1 Å². The van der Waals surface area contributed by atoms with Gasteiger partial charge in [0.15, 0.2) is 0 Å². The van der Waals surface area contributed by atoms with Gasteiger partial charge in [-0.1, -0.05) is 6.07 Å². The van der Waals surface area contributed by atoms with E-state index in [1.165, 1.54) is 61.4 Å². The van der Waals surface area contributed by atoms with Gasteiger partial charge in [0.2, 0.25) is 0 Å². The monoisotopic (exact) mass is 622 g/mol. The number of nitrogens with zero attached hydrogens (tertiary/aromatic N) is 5. The third-order valence-corrected chi connectivity index (χ3v) is 7.81. The maximum atomic E-state index is 15.4. The van der Waals surface area contributed by atoms with Crippen molar-refractivity contribution in [1.29, 1.82) is 0 Å². The zero-order valence-electron chi connectivity index (χ0n) is 24.9. The van der Waals surface area contributed by atoms with Gasteiger partial charge in [-0.15, -0.1) is 0 Å². The number of benzene rings is 1. The predicted octanol–water partition coefficient (Wildman–Crippen LogP) is 2.31. The molecule has 1 fully saturated rings. The Morgan fingerprint density at radius 1 is 1.20 bits per heavy atom. The number of anilines is 1. The van der Waals surface area contributed by atoms with Crippen LogP contribution in [0.15, 0.2) is 58.5 Å². The highest BCUT2D eigenvalue weighted by atomic mass is 19.1. The number of halogens is 2. The summed E-state index contributed by atoms with van der Waals surface area (Å²) in [6.07, 6.45) is 3.06. The number of alkyl halides is 1. The number of fused-ring (bicyclic) bond motifs is 1. The van der Waals surface area contributed by atoms with Crippen LogP contribution < -0.4 is 21.5 Å². The van der Waals surface area contributed by atoms with Gasteiger partial charge in [-0.2, -0.15) is 0 Å². The lowest BCUT2D eigenvalue weighted by Crippen LogP contribution is -2.46. The molecule has 45 heavy (non-hydrogen) atoms. The molecule has 236 valence electrons. The first kappa shape index (κ1) is 31.4. The molecule has 0 radical (unpaired) electrons. The summed E-state index contributed by atoms with van der Waals surface area (Å²) in [5, 5.41) is 12.5. The number of pyridine rings is 2. The Hall–Kier alpha value is -4.98. The molecule has 0 spiro atoms. The molecule has 1 amide bonds. The van der Waals surface area contributed by atoms with E-state index in [-0.39, 0.29) is 41.2 Å². The SMILES string of the molecule is Cc1cc(N2CCOC[C@H]2CC(C)F)cc(F)c1C(=O)N[C@@H](Cc1ccc(-n2c(=O)c3ccncc3n(C)c2=O)nc1)C(=O)O. The zero-order valence-corrected chi connectivity index (χ0v) is 24.9. The van der Waals surface area contributed by atoms with E-state index >= 15 is 4.39 Å². The minimum absolute atomic E-state index is 0.0280. The van der Waals surface area contributed by atoms with Crippen LogP contribution in [0.4, 0.5) is 14.5 Å². The minimum atomic E-state index is -1.44. The standard InChI is InChI=1S/C31H32F2N6O6/c1-17-10-20(38-8-9-45-16-21(38)11-18(2)32)13-23(33)27(17)28(40)36-24(30(42)43)12-19-4-5-26(35-14-19)39-29(41)22-6-7-34-15-25(22)37(3)31(39)44/h4-7,10,13-15,18,21,24H,8-9,11-12,16H2,1-3H3,(H,36,40)(H,42,43)/t18?,21-,24+/m1/s1. The van der Waals surface area contributed by atoms with Crippen molar-refractivity contribution >= 4 is 28.5 Å². The highest BCUT2D eigenvalue weighted by Crippen LogP contribution is 2.27. The van der Waals surface area contributed by atoms with Gasteiger partial charge in [-0.3, -0.25) is 19.1 Å². The van der Waals surface area contributed by atoms with Crippen molar-refractivity contribution < 1.29 is 28.2 Å². The van der Waals surface area contributed by atoms with Crippen LogP contribution in [0, 0.1) is 12.7 Å². The van der Waals surface area contributed by atoms with Crippen LogP contribution in [0.3, 0.4) is 0 Å². The molecule has 3 atom stereocenters. The number of aliphatic carboxylic acids is 1. The summed E-state index contributed by atoms with van der Waals surface area (Å²) in [7, 11) is 1.50. The largest absolute Gasteiger partial charge is 0.480 e. The van der Waals surface area contributed by atoms with Crippen molar-refractivity contribution in [2.75, 3.05) is 24.7 Å². The van der Waals surface area contributed by atoms with Gasteiger partial charge in [0.05, 0.1) is 48.1 Å². The topological polar surface area (TPSA) is 149 Å². The molecule has 1 aromatic carbocycles. The van der Waals surface area contributed by atoms with Gasteiger partial charge >= 0.3 is 11.7 Å². The maximum Gasteiger partial charge on any atom is 0.337 e. The number of amides is 1. The molecule has 2 N–H and O–H groups in total. The summed E-state index contributed by atoms with van der Waals surface area (Å²) >= 11 is 0. The number of aryl methyl sites for hydroxylation is 2. The predicted molar refractivity (Wildman–Crippen MR) is 161 cm³/mol. The fraction of sp³-hybridized carbons (Fsp3) is 0.355. The number of carbonyl (C=O) groups excluding carboxylic acids is 1. The molecule has 0 saturated carbocycles. The van der Waals surface area contributed by atoms with Gasteiger partial charge in [0.1, 0.15) is 17.7 Å². The lowest BCUT2D eigenvalue weighted by Gasteiger charge is -2.38. The number of aromatic nitrogens is 4. The Kier molecular flexibility index (Phi) is 9.04. The Balaban J connectivity index is 1.35. The average molecular weight is 623 g/mol. The fourth-order valence-corrected chi connectivity index (χ4v) is 5.58. The van der Waals surface area contributed by atoms with E-state index in [2.05, 4.69) is 15.3 Å². The summed E-state index contributed by atoms with van der Waals surface area (Å²) in [4.78, 5) is 61.2. The second kappa shape index (κ2) is 12.9. The van der Waals surface area contributed by atoms with Crippen LogP contribution in [0.25, 0.3) is 16.7 Å². The number of carboxylic acids is 1. The molecule has 0 aliphatic carbocycles. The number of nitrogens with one attached hydrogen (secondary N) is 1. The maximum absolute atomic E-state index is 15.4. The molecule has 12 nitrogen and oxygen atoms in total. The molecule has 3 aromatic heterocycles. The third-order valence-electron chi connectivity index (χ3n) is 7.81. The van der Waals surface area contributed by atoms with E-state index < -0.39 is 41.2 Å². The van der Waals surface area contributed by atoms with E-state index in [0.29, 0.717) is 36.5 Å². The molecule has 4 heterocycles. The lowest BCUT2D eigenvalue weighted by atomic mass is 10.0. The molecular formula is C31H32F2N6O6. The summed E-state index contributed by atoms with van der Waals surface area (Å²) in [6.45, 7) is 4.10.